The molecule has 0 amide bonds. The predicted octanol–water partition coefficient (Wildman–Crippen LogP) is 3.91. The Morgan fingerprint density at radius 2 is 1.62 bits per heavy atom. The van der Waals surface area contributed by atoms with E-state index in [0.717, 1.165) is 10.7 Å². The van der Waals surface area contributed by atoms with Crippen LogP contribution in [0.3, 0.4) is 0 Å². The minimum Gasteiger partial charge on any atom is -0.237 e. The lowest BCUT2D eigenvalue weighted by atomic mass is 9.89. The predicted molar refractivity (Wildman–Crippen MR) is 70.3 cm³/mol. The molecule has 0 aromatic carbocycles. The Bertz CT molecular complexity index is 547. The van der Waals surface area contributed by atoms with Crippen LogP contribution in [0.5, 0.6) is 0 Å². The van der Waals surface area contributed by atoms with E-state index in [1.807, 2.05) is 6.92 Å². The van der Waals surface area contributed by atoms with Crippen LogP contribution >= 0.6 is 11.3 Å². The van der Waals surface area contributed by atoms with Gasteiger partial charge in [-0.25, -0.2) is 9.97 Å². The highest BCUT2D eigenvalue weighted by Crippen LogP contribution is 2.35. The molecule has 0 unspecified atom stereocenters. The third kappa shape index (κ3) is 1.73. The Kier molecular flexibility index (Phi) is 2.54. The summed E-state index contributed by atoms with van der Waals surface area (Å²) in [5.74, 6) is 0.874. The van der Waals surface area contributed by atoms with Crippen molar-refractivity contribution in [2.75, 3.05) is 0 Å². The van der Waals surface area contributed by atoms with Crippen molar-refractivity contribution < 1.29 is 0 Å². The van der Waals surface area contributed by atoms with Gasteiger partial charge < -0.3 is 0 Å². The minimum absolute atomic E-state index is 0.0736. The van der Waals surface area contributed by atoms with Crippen molar-refractivity contribution in [2.24, 2.45) is 0 Å². The van der Waals surface area contributed by atoms with Gasteiger partial charge in [0, 0.05) is 15.7 Å². The van der Waals surface area contributed by atoms with Gasteiger partial charge in [-0.2, -0.15) is 0 Å². The van der Waals surface area contributed by atoms with Gasteiger partial charge >= 0.3 is 0 Å². The molecule has 86 valence electrons. The van der Waals surface area contributed by atoms with E-state index in [0.29, 0.717) is 0 Å². The molecule has 0 atom stereocenters. The summed E-state index contributed by atoms with van der Waals surface area (Å²) in [7, 11) is 0. The van der Waals surface area contributed by atoms with Crippen LogP contribution in [0, 0.1) is 20.8 Å². The van der Waals surface area contributed by atoms with E-state index < -0.39 is 0 Å². The first kappa shape index (κ1) is 11.5. The second kappa shape index (κ2) is 3.52. The van der Waals surface area contributed by atoms with Gasteiger partial charge in [0.05, 0.1) is 5.69 Å². The standard InChI is InChI=1S/C13H18N2S/c1-7-8(2)16-12-10(7)11(13(4,5)6)14-9(3)15-12/h1-6H3. The van der Waals surface area contributed by atoms with E-state index in [-0.39, 0.29) is 5.41 Å². The second-order valence-corrected chi connectivity index (χ2v) is 6.54. The number of hydrogen-bond donors (Lipinski definition) is 0. The summed E-state index contributed by atoms with van der Waals surface area (Å²) in [6, 6.07) is 0. The molecule has 0 bridgehead atoms. The van der Waals surface area contributed by atoms with Crippen LogP contribution in [0.25, 0.3) is 10.2 Å². The summed E-state index contributed by atoms with van der Waals surface area (Å²) in [4.78, 5) is 11.7. The fraction of sp³-hybridized carbons (Fsp3) is 0.538. The maximum absolute atomic E-state index is 4.64. The molecule has 2 aromatic heterocycles. The Balaban J connectivity index is 2.91. The Morgan fingerprint density at radius 1 is 1.00 bits per heavy atom. The molecule has 0 aliphatic heterocycles. The fourth-order valence-corrected chi connectivity index (χ4v) is 2.97. The van der Waals surface area contributed by atoms with Crippen LogP contribution in [0.2, 0.25) is 0 Å². The molecule has 0 saturated heterocycles. The molecule has 2 aromatic rings. The summed E-state index contributed by atoms with van der Waals surface area (Å²) in [5.41, 5.74) is 2.59. The molecule has 0 N–H and O–H groups in total. The fourth-order valence-electron chi connectivity index (χ4n) is 1.90. The highest BCUT2D eigenvalue weighted by molar-refractivity contribution is 7.18. The Hall–Kier alpha value is -0.960. The molecule has 0 radical (unpaired) electrons. The van der Waals surface area contributed by atoms with Crippen LogP contribution in [0.4, 0.5) is 0 Å². The SMILES string of the molecule is Cc1nc(C(C)(C)C)c2c(C)c(C)sc2n1. The maximum atomic E-state index is 4.64. The zero-order valence-electron chi connectivity index (χ0n) is 10.8. The molecule has 0 fully saturated rings. The van der Waals surface area contributed by atoms with Crippen LogP contribution in [-0.4, -0.2) is 9.97 Å². The largest absolute Gasteiger partial charge is 0.237 e. The summed E-state index contributed by atoms with van der Waals surface area (Å²) in [6.07, 6.45) is 0. The number of aromatic nitrogens is 2. The number of thiophene rings is 1. The topological polar surface area (TPSA) is 25.8 Å². The van der Waals surface area contributed by atoms with Gasteiger partial charge in [-0.3, -0.25) is 0 Å². The molecule has 0 saturated carbocycles. The zero-order valence-corrected chi connectivity index (χ0v) is 11.6. The van der Waals surface area contributed by atoms with Crippen molar-refractivity contribution in [1.29, 1.82) is 0 Å². The van der Waals surface area contributed by atoms with Gasteiger partial charge in [-0.05, 0) is 26.3 Å². The van der Waals surface area contributed by atoms with Crippen molar-refractivity contribution >= 4 is 21.6 Å². The average molecular weight is 234 g/mol. The molecule has 0 aliphatic rings. The first-order valence-corrected chi connectivity index (χ1v) is 6.37. The van der Waals surface area contributed by atoms with Crippen molar-refractivity contribution in [2.45, 2.75) is 47.0 Å². The van der Waals surface area contributed by atoms with Gasteiger partial charge in [-0.15, -0.1) is 11.3 Å². The van der Waals surface area contributed by atoms with Crippen molar-refractivity contribution in [3.05, 3.63) is 22.0 Å². The summed E-state index contributed by atoms with van der Waals surface area (Å²) in [6.45, 7) is 12.9. The van der Waals surface area contributed by atoms with Crippen LogP contribution in [-0.2, 0) is 5.41 Å². The zero-order chi connectivity index (χ0) is 12.1. The Labute approximate surface area is 101 Å². The van der Waals surface area contributed by atoms with E-state index in [9.17, 15) is 0 Å². The lowest BCUT2D eigenvalue weighted by molar-refractivity contribution is 0.571. The van der Waals surface area contributed by atoms with E-state index in [2.05, 4.69) is 44.6 Å². The molecule has 0 spiro atoms. The van der Waals surface area contributed by atoms with Crippen molar-refractivity contribution in [3.8, 4) is 0 Å². The molecule has 0 aliphatic carbocycles. The highest BCUT2D eigenvalue weighted by atomic mass is 32.1. The minimum atomic E-state index is 0.0736. The maximum Gasteiger partial charge on any atom is 0.127 e. The third-order valence-electron chi connectivity index (χ3n) is 2.85. The van der Waals surface area contributed by atoms with Crippen LogP contribution in [0.1, 0.15) is 42.7 Å². The lowest BCUT2D eigenvalue weighted by Gasteiger charge is -2.19. The first-order chi connectivity index (χ1) is 7.30. The lowest BCUT2D eigenvalue weighted by Crippen LogP contribution is -2.15. The van der Waals surface area contributed by atoms with Crippen LogP contribution in [0.15, 0.2) is 0 Å². The van der Waals surface area contributed by atoms with E-state index >= 15 is 0 Å². The molecule has 16 heavy (non-hydrogen) atoms. The summed E-state index contributed by atoms with van der Waals surface area (Å²) in [5, 5.41) is 1.26. The molecule has 2 heterocycles. The number of rotatable bonds is 0. The van der Waals surface area contributed by atoms with Gasteiger partial charge in [0.25, 0.3) is 0 Å². The molecule has 2 rings (SSSR count). The number of nitrogens with zero attached hydrogens (tertiary/aromatic N) is 2. The number of hydrogen-bond acceptors (Lipinski definition) is 3. The summed E-state index contributed by atoms with van der Waals surface area (Å²) < 4.78 is 0. The molecular formula is C13H18N2S. The first-order valence-electron chi connectivity index (χ1n) is 5.55. The molecular weight excluding hydrogens is 216 g/mol. The average Bonchev–Trinajstić information content (AvgIpc) is 2.39. The quantitative estimate of drug-likeness (QED) is 0.690. The van der Waals surface area contributed by atoms with Crippen molar-refractivity contribution in [3.63, 3.8) is 0 Å². The van der Waals surface area contributed by atoms with Gasteiger partial charge in [0.15, 0.2) is 0 Å². The smallest absolute Gasteiger partial charge is 0.127 e. The van der Waals surface area contributed by atoms with E-state index in [4.69, 9.17) is 0 Å². The van der Waals surface area contributed by atoms with Crippen molar-refractivity contribution in [1.82, 2.24) is 9.97 Å². The normalized spacial score (nSPS) is 12.4. The molecule has 2 nitrogen and oxygen atoms in total. The van der Waals surface area contributed by atoms with Gasteiger partial charge in [0.2, 0.25) is 0 Å². The van der Waals surface area contributed by atoms with E-state index in [1.54, 1.807) is 11.3 Å². The Morgan fingerprint density at radius 3 is 2.19 bits per heavy atom. The summed E-state index contributed by atoms with van der Waals surface area (Å²) >= 11 is 1.77. The molecule has 3 heteroatoms. The third-order valence-corrected chi connectivity index (χ3v) is 3.95. The number of aryl methyl sites for hydroxylation is 3. The number of fused-ring (bicyclic) bond motifs is 1. The van der Waals surface area contributed by atoms with Gasteiger partial charge in [-0.1, -0.05) is 20.8 Å². The van der Waals surface area contributed by atoms with Gasteiger partial charge in [0.1, 0.15) is 10.7 Å². The highest BCUT2D eigenvalue weighted by Gasteiger charge is 2.22. The van der Waals surface area contributed by atoms with Crippen LogP contribution < -0.4 is 0 Å². The van der Waals surface area contributed by atoms with E-state index in [1.165, 1.54) is 21.5 Å². The monoisotopic (exact) mass is 234 g/mol. The second-order valence-electron chi connectivity index (χ2n) is 5.33.